The first kappa shape index (κ1) is 20.2. The molecule has 1 saturated heterocycles. The fraction of sp³-hybridized carbons (Fsp3) is 0.320. The number of ether oxygens (including phenoxy) is 1. The Morgan fingerprint density at radius 1 is 1.07 bits per heavy atom. The lowest BCUT2D eigenvalue weighted by molar-refractivity contribution is -0.892. The minimum Gasteiger partial charge on any atom is -0.497 e. The second-order valence-corrected chi connectivity index (χ2v) is 7.97. The van der Waals surface area contributed by atoms with Gasteiger partial charge in [-0.2, -0.15) is 0 Å². The van der Waals surface area contributed by atoms with Crippen LogP contribution in [0.15, 0.2) is 66.7 Å². The van der Waals surface area contributed by atoms with E-state index in [9.17, 15) is 4.79 Å². The van der Waals surface area contributed by atoms with Gasteiger partial charge in [-0.1, -0.05) is 48.5 Å². The van der Waals surface area contributed by atoms with Gasteiger partial charge in [0.15, 0.2) is 6.54 Å². The van der Waals surface area contributed by atoms with Crippen LogP contribution in [0, 0.1) is 0 Å². The number of fused-ring (bicyclic) bond motifs is 1. The summed E-state index contributed by atoms with van der Waals surface area (Å²) in [7, 11) is 1.69. The van der Waals surface area contributed by atoms with Crippen LogP contribution >= 0.6 is 0 Å². The summed E-state index contributed by atoms with van der Waals surface area (Å²) in [4.78, 5) is 16.4. The zero-order valence-corrected chi connectivity index (χ0v) is 17.7. The average molecular weight is 405 g/mol. The number of rotatable bonds is 6. The van der Waals surface area contributed by atoms with Crippen LogP contribution in [0.3, 0.4) is 0 Å². The molecule has 1 heterocycles. The van der Waals surface area contributed by atoms with Gasteiger partial charge >= 0.3 is 0 Å². The van der Waals surface area contributed by atoms with E-state index in [1.807, 2.05) is 24.3 Å². The number of amides is 1. The van der Waals surface area contributed by atoms with E-state index in [0.717, 1.165) is 31.9 Å². The molecule has 1 amide bonds. The van der Waals surface area contributed by atoms with E-state index in [2.05, 4.69) is 59.6 Å². The van der Waals surface area contributed by atoms with Crippen molar-refractivity contribution in [3.05, 3.63) is 72.3 Å². The summed E-state index contributed by atoms with van der Waals surface area (Å²) < 4.78 is 5.33. The van der Waals surface area contributed by atoms with E-state index in [4.69, 9.17) is 4.74 Å². The number of nitrogens with one attached hydrogen (secondary N) is 2. The van der Waals surface area contributed by atoms with Gasteiger partial charge in [0.25, 0.3) is 5.91 Å². The lowest BCUT2D eigenvalue weighted by atomic mass is 10.00. The van der Waals surface area contributed by atoms with Crippen molar-refractivity contribution in [3.8, 4) is 5.75 Å². The van der Waals surface area contributed by atoms with Crippen LogP contribution in [-0.4, -0.2) is 45.7 Å². The molecule has 3 aromatic carbocycles. The van der Waals surface area contributed by atoms with Crippen molar-refractivity contribution in [3.63, 3.8) is 0 Å². The Kier molecular flexibility index (Phi) is 6.19. The molecule has 2 N–H and O–H groups in total. The highest BCUT2D eigenvalue weighted by molar-refractivity contribution is 5.87. The topological polar surface area (TPSA) is 46.0 Å². The van der Waals surface area contributed by atoms with E-state index in [-0.39, 0.29) is 11.9 Å². The van der Waals surface area contributed by atoms with Gasteiger partial charge in [-0.15, -0.1) is 0 Å². The fourth-order valence-electron chi connectivity index (χ4n) is 4.29. The van der Waals surface area contributed by atoms with Crippen LogP contribution in [0.2, 0.25) is 0 Å². The molecule has 1 aliphatic heterocycles. The highest BCUT2D eigenvalue weighted by Gasteiger charge is 2.23. The van der Waals surface area contributed by atoms with Crippen molar-refractivity contribution in [2.75, 3.05) is 44.7 Å². The van der Waals surface area contributed by atoms with E-state index in [0.29, 0.717) is 6.54 Å². The Bertz CT molecular complexity index is 1010. The third-order valence-electron chi connectivity index (χ3n) is 5.97. The highest BCUT2D eigenvalue weighted by atomic mass is 16.5. The van der Waals surface area contributed by atoms with Gasteiger partial charge in [-0.05, 0) is 35.4 Å². The number of carbonyl (C=O) groups excluding carboxylic acids is 1. The van der Waals surface area contributed by atoms with Gasteiger partial charge in [0.1, 0.15) is 5.75 Å². The van der Waals surface area contributed by atoms with Crippen molar-refractivity contribution in [1.29, 1.82) is 0 Å². The van der Waals surface area contributed by atoms with E-state index in [1.54, 1.807) is 7.11 Å². The Balaban J connectivity index is 1.31. The number of quaternary nitrogens is 1. The van der Waals surface area contributed by atoms with Gasteiger partial charge in [0.2, 0.25) is 0 Å². The van der Waals surface area contributed by atoms with E-state index in [1.165, 1.54) is 26.9 Å². The first-order chi connectivity index (χ1) is 14.6. The van der Waals surface area contributed by atoms with Crippen molar-refractivity contribution in [1.82, 2.24) is 5.32 Å². The molecule has 0 aromatic heterocycles. The molecule has 0 saturated carbocycles. The lowest BCUT2D eigenvalue weighted by Crippen LogP contribution is -3.15. The van der Waals surface area contributed by atoms with Gasteiger partial charge in [0.05, 0.1) is 39.3 Å². The molecule has 0 radical (unpaired) electrons. The van der Waals surface area contributed by atoms with Crippen LogP contribution in [0.5, 0.6) is 5.75 Å². The van der Waals surface area contributed by atoms with Crippen molar-refractivity contribution in [2.45, 2.75) is 13.0 Å². The maximum absolute atomic E-state index is 12.7. The number of anilines is 1. The smallest absolute Gasteiger partial charge is 0.275 e. The molecule has 3 aromatic rings. The number of benzene rings is 3. The normalized spacial score (nSPS) is 15.7. The SMILES string of the molecule is COc1cccc(N2CC[NH+](CC(=O)N[C@H](C)c3cccc4ccccc34)CC2)c1. The maximum Gasteiger partial charge on any atom is 0.275 e. The standard InChI is InChI=1S/C25H29N3O2/c1-19(23-12-5-8-20-7-3-4-11-24(20)23)26-25(29)18-27-13-15-28(16-14-27)21-9-6-10-22(17-21)30-2/h3-12,17,19H,13-16,18H2,1-2H3,(H,26,29)/p+1/t19-/m1/s1. The van der Waals surface area contributed by atoms with Crippen LogP contribution in [0.25, 0.3) is 10.8 Å². The van der Waals surface area contributed by atoms with E-state index >= 15 is 0 Å². The lowest BCUT2D eigenvalue weighted by Gasteiger charge is -2.33. The summed E-state index contributed by atoms with van der Waals surface area (Å²) in [6.45, 7) is 6.36. The average Bonchev–Trinajstić information content (AvgIpc) is 2.79. The predicted octanol–water partition coefficient (Wildman–Crippen LogP) is 2.43. The van der Waals surface area contributed by atoms with Gasteiger partial charge in [0, 0.05) is 11.8 Å². The van der Waals surface area contributed by atoms with Crippen LogP contribution < -0.4 is 19.9 Å². The number of piperazine rings is 1. The summed E-state index contributed by atoms with van der Waals surface area (Å²) in [5.74, 6) is 0.990. The Morgan fingerprint density at radius 2 is 1.80 bits per heavy atom. The quantitative estimate of drug-likeness (QED) is 0.663. The van der Waals surface area contributed by atoms with Gasteiger partial charge in [-0.25, -0.2) is 0 Å². The third-order valence-corrected chi connectivity index (χ3v) is 5.97. The molecule has 0 aliphatic carbocycles. The summed E-state index contributed by atoms with van der Waals surface area (Å²) in [5.41, 5.74) is 2.35. The molecule has 5 nitrogen and oxygen atoms in total. The summed E-state index contributed by atoms with van der Waals surface area (Å²) in [6, 6.07) is 22.8. The number of nitrogens with zero attached hydrogens (tertiary/aromatic N) is 1. The molecule has 4 rings (SSSR count). The molecule has 5 heteroatoms. The second-order valence-electron chi connectivity index (χ2n) is 7.97. The van der Waals surface area contributed by atoms with Crippen LogP contribution in [-0.2, 0) is 4.79 Å². The van der Waals surface area contributed by atoms with Crippen molar-refractivity contribution < 1.29 is 14.4 Å². The van der Waals surface area contributed by atoms with Crippen LogP contribution in [0.4, 0.5) is 5.69 Å². The minimum absolute atomic E-state index is 0.0129. The molecule has 156 valence electrons. The number of hydrogen-bond donors (Lipinski definition) is 2. The number of methoxy groups -OCH3 is 1. The van der Waals surface area contributed by atoms with Crippen LogP contribution in [0.1, 0.15) is 18.5 Å². The molecule has 1 fully saturated rings. The molecule has 30 heavy (non-hydrogen) atoms. The third kappa shape index (κ3) is 4.57. The first-order valence-corrected chi connectivity index (χ1v) is 10.6. The summed E-state index contributed by atoms with van der Waals surface area (Å²) in [6.07, 6.45) is 0. The molecule has 1 aliphatic rings. The zero-order chi connectivity index (χ0) is 20.9. The van der Waals surface area contributed by atoms with E-state index < -0.39 is 0 Å². The zero-order valence-electron chi connectivity index (χ0n) is 17.7. The summed E-state index contributed by atoms with van der Waals surface area (Å²) >= 11 is 0. The fourth-order valence-corrected chi connectivity index (χ4v) is 4.29. The Hall–Kier alpha value is -3.05. The van der Waals surface area contributed by atoms with Gasteiger partial charge in [-0.3, -0.25) is 4.79 Å². The molecular formula is C25H30N3O2+. The van der Waals surface area contributed by atoms with Gasteiger partial charge < -0.3 is 19.9 Å². The first-order valence-electron chi connectivity index (χ1n) is 10.6. The highest BCUT2D eigenvalue weighted by Crippen LogP contribution is 2.24. The number of hydrogen-bond acceptors (Lipinski definition) is 3. The predicted molar refractivity (Wildman–Crippen MR) is 121 cm³/mol. The van der Waals surface area contributed by atoms with Crippen molar-refractivity contribution in [2.24, 2.45) is 0 Å². The molecular weight excluding hydrogens is 374 g/mol. The van der Waals surface area contributed by atoms with Crippen molar-refractivity contribution >= 4 is 22.4 Å². The number of carbonyl (C=O) groups is 1. The molecule has 0 bridgehead atoms. The Morgan fingerprint density at radius 3 is 2.60 bits per heavy atom. The molecule has 0 spiro atoms. The maximum atomic E-state index is 12.7. The largest absolute Gasteiger partial charge is 0.497 e. The summed E-state index contributed by atoms with van der Waals surface area (Å²) in [5, 5.41) is 5.61. The molecule has 1 atom stereocenters. The monoisotopic (exact) mass is 404 g/mol. The Labute approximate surface area is 178 Å². The minimum atomic E-state index is -0.0129. The second kappa shape index (κ2) is 9.18. The molecule has 0 unspecified atom stereocenters.